The Bertz CT molecular complexity index is 516. The summed E-state index contributed by atoms with van der Waals surface area (Å²) in [5.74, 6) is 0.400. The predicted octanol–water partition coefficient (Wildman–Crippen LogP) is 2.88. The lowest BCUT2D eigenvalue weighted by Crippen LogP contribution is -1.92. The summed E-state index contributed by atoms with van der Waals surface area (Å²) < 4.78 is 18.3. The van der Waals surface area contributed by atoms with Crippen LogP contribution in [0.4, 0.5) is 4.39 Å². The molecule has 0 radical (unpaired) electrons. The number of aryl methyl sites for hydroxylation is 1. The summed E-state index contributed by atoms with van der Waals surface area (Å²) in [7, 11) is 0. The summed E-state index contributed by atoms with van der Waals surface area (Å²) >= 11 is 2.63. The van der Waals surface area contributed by atoms with Crippen molar-refractivity contribution in [2.45, 2.75) is 29.2 Å². The molecule has 6 heteroatoms. The van der Waals surface area contributed by atoms with Crippen LogP contribution in [0.2, 0.25) is 0 Å². The van der Waals surface area contributed by atoms with Crippen molar-refractivity contribution in [3.05, 3.63) is 35.4 Å². The Hall–Kier alpha value is -0.980. The zero-order valence-corrected chi connectivity index (χ0v) is 10.8. The van der Waals surface area contributed by atoms with Crippen molar-refractivity contribution in [3.8, 4) is 0 Å². The van der Waals surface area contributed by atoms with Gasteiger partial charge in [-0.25, -0.2) is 9.37 Å². The fraction of sp³-hybridized carbons (Fsp3) is 0.273. The number of aliphatic hydroxyl groups is 1. The highest BCUT2D eigenvalue weighted by molar-refractivity contribution is 8.01. The van der Waals surface area contributed by atoms with Crippen LogP contribution in [0.1, 0.15) is 18.3 Å². The van der Waals surface area contributed by atoms with Crippen molar-refractivity contribution in [3.63, 3.8) is 0 Å². The van der Waals surface area contributed by atoms with E-state index < -0.39 is 5.82 Å². The van der Waals surface area contributed by atoms with Gasteiger partial charge < -0.3 is 5.11 Å². The van der Waals surface area contributed by atoms with Crippen molar-refractivity contribution >= 4 is 23.3 Å². The first-order chi connectivity index (χ1) is 8.24. The summed E-state index contributed by atoms with van der Waals surface area (Å²) in [6.45, 7) is 1.67. The predicted molar refractivity (Wildman–Crippen MR) is 65.7 cm³/mol. The molecule has 1 aromatic heterocycles. The van der Waals surface area contributed by atoms with Gasteiger partial charge in [0.15, 0.2) is 4.34 Å². The third-order valence-corrected chi connectivity index (χ3v) is 4.09. The molecule has 1 aromatic carbocycles. The van der Waals surface area contributed by atoms with Gasteiger partial charge in [0.05, 0.1) is 6.61 Å². The van der Waals surface area contributed by atoms with Gasteiger partial charge in [-0.15, -0.1) is 0 Å². The Morgan fingerprint density at radius 1 is 1.47 bits per heavy atom. The normalized spacial score (nSPS) is 10.8. The minimum Gasteiger partial charge on any atom is -0.392 e. The second-order valence-electron chi connectivity index (χ2n) is 3.31. The summed E-state index contributed by atoms with van der Waals surface area (Å²) in [5.41, 5.74) is 0.311. The van der Waals surface area contributed by atoms with E-state index in [4.69, 9.17) is 5.11 Å². The number of nitrogens with zero attached hydrogens (tertiary/aromatic N) is 2. The molecule has 0 spiro atoms. The van der Waals surface area contributed by atoms with Gasteiger partial charge in [0.1, 0.15) is 11.6 Å². The molecule has 1 N–H and O–H groups in total. The smallest absolute Gasteiger partial charge is 0.174 e. The molecule has 0 aliphatic heterocycles. The van der Waals surface area contributed by atoms with Crippen molar-refractivity contribution in [1.29, 1.82) is 0 Å². The molecule has 2 rings (SSSR count). The first-order valence-electron chi connectivity index (χ1n) is 5.13. The monoisotopic (exact) mass is 270 g/mol. The molecule has 0 unspecified atom stereocenters. The Labute approximate surface area is 107 Å². The van der Waals surface area contributed by atoms with Crippen LogP contribution in [0, 0.1) is 5.82 Å². The van der Waals surface area contributed by atoms with Crippen molar-refractivity contribution in [2.24, 2.45) is 0 Å². The second kappa shape index (κ2) is 5.57. The quantitative estimate of drug-likeness (QED) is 0.928. The van der Waals surface area contributed by atoms with Crippen LogP contribution >= 0.6 is 23.3 Å². The minimum atomic E-state index is -0.391. The topological polar surface area (TPSA) is 46.0 Å². The maximum Gasteiger partial charge on any atom is 0.174 e. The molecule has 0 aliphatic rings. The first-order valence-corrected chi connectivity index (χ1v) is 6.72. The number of hydrogen-bond donors (Lipinski definition) is 1. The van der Waals surface area contributed by atoms with Crippen LogP contribution in [-0.2, 0) is 13.0 Å². The Kier molecular flexibility index (Phi) is 4.09. The molecule has 0 atom stereocenters. The molecule has 0 saturated carbocycles. The third kappa shape index (κ3) is 2.83. The van der Waals surface area contributed by atoms with Crippen molar-refractivity contribution in [1.82, 2.24) is 9.36 Å². The highest BCUT2D eigenvalue weighted by Crippen LogP contribution is 2.32. The lowest BCUT2D eigenvalue weighted by atomic mass is 10.2. The van der Waals surface area contributed by atoms with Gasteiger partial charge in [-0.1, -0.05) is 24.8 Å². The van der Waals surface area contributed by atoms with E-state index in [1.54, 1.807) is 12.1 Å². The molecule has 0 amide bonds. The van der Waals surface area contributed by atoms with E-state index in [0.717, 1.165) is 16.6 Å². The first kappa shape index (κ1) is 12.5. The average Bonchev–Trinajstić information content (AvgIpc) is 2.77. The lowest BCUT2D eigenvalue weighted by Gasteiger charge is -2.05. The van der Waals surface area contributed by atoms with E-state index in [-0.39, 0.29) is 6.61 Å². The molecule has 90 valence electrons. The summed E-state index contributed by atoms with van der Waals surface area (Å²) in [6, 6.07) is 4.73. The molecule has 2 aromatic rings. The molecule has 17 heavy (non-hydrogen) atoms. The Morgan fingerprint density at radius 3 is 2.94 bits per heavy atom. The zero-order valence-electron chi connectivity index (χ0n) is 9.18. The van der Waals surface area contributed by atoms with Gasteiger partial charge in [0.2, 0.25) is 0 Å². The van der Waals surface area contributed by atoms with Crippen LogP contribution in [0.25, 0.3) is 0 Å². The largest absolute Gasteiger partial charge is 0.392 e. The molecular weight excluding hydrogens is 259 g/mol. The molecule has 0 aliphatic carbocycles. The SMILES string of the molecule is CCc1nsc(Sc2cccc(F)c2CO)n1. The average molecular weight is 270 g/mol. The van der Waals surface area contributed by atoms with Crippen LogP contribution in [0.3, 0.4) is 0 Å². The fourth-order valence-electron chi connectivity index (χ4n) is 1.30. The lowest BCUT2D eigenvalue weighted by molar-refractivity contribution is 0.272. The number of rotatable bonds is 4. The highest BCUT2D eigenvalue weighted by atomic mass is 32.2. The van der Waals surface area contributed by atoms with Crippen molar-refractivity contribution < 1.29 is 9.50 Å². The van der Waals surface area contributed by atoms with E-state index in [1.165, 1.54) is 29.4 Å². The van der Waals surface area contributed by atoms with E-state index >= 15 is 0 Å². The van der Waals surface area contributed by atoms with Crippen LogP contribution < -0.4 is 0 Å². The number of hydrogen-bond acceptors (Lipinski definition) is 5. The fourth-order valence-corrected chi connectivity index (χ4v) is 3.11. The highest BCUT2D eigenvalue weighted by Gasteiger charge is 2.11. The van der Waals surface area contributed by atoms with Gasteiger partial charge in [-0.05, 0) is 23.7 Å². The van der Waals surface area contributed by atoms with Crippen LogP contribution in [-0.4, -0.2) is 14.5 Å². The van der Waals surface area contributed by atoms with Gasteiger partial charge >= 0.3 is 0 Å². The number of aromatic nitrogens is 2. The number of aliphatic hydroxyl groups excluding tert-OH is 1. The van der Waals surface area contributed by atoms with E-state index in [0.29, 0.717) is 10.5 Å². The van der Waals surface area contributed by atoms with E-state index in [1.807, 2.05) is 6.92 Å². The molecule has 0 saturated heterocycles. The van der Waals surface area contributed by atoms with Gasteiger partial charge in [0.25, 0.3) is 0 Å². The second-order valence-corrected chi connectivity index (χ2v) is 5.35. The van der Waals surface area contributed by atoms with E-state index in [2.05, 4.69) is 9.36 Å². The maximum atomic E-state index is 13.4. The summed E-state index contributed by atoms with van der Waals surface area (Å²) in [5, 5.41) is 9.14. The van der Waals surface area contributed by atoms with Crippen molar-refractivity contribution in [2.75, 3.05) is 0 Å². The summed E-state index contributed by atoms with van der Waals surface area (Å²) in [6.07, 6.45) is 0.785. The number of halogens is 1. The molecule has 3 nitrogen and oxygen atoms in total. The Balaban J connectivity index is 2.26. The molecular formula is C11H11FN2OS2. The van der Waals surface area contributed by atoms with E-state index in [9.17, 15) is 4.39 Å². The zero-order chi connectivity index (χ0) is 12.3. The van der Waals surface area contributed by atoms with Gasteiger partial charge in [-0.2, -0.15) is 4.37 Å². The molecule has 1 heterocycles. The van der Waals surface area contributed by atoms with Crippen LogP contribution in [0.15, 0.2) is 27.4 Å². The van der Waals surface area contributed by atoms with Gasteiger partial charge in [-0.3, -0.25) is 0 Å². The Morgan fingerprint density at radius 2 is 2.29 bits per heavy atom. The third-order valence-electron chi connectivity index (χ3n) is 2.20. The molecule has 0 fully saturated rings. The van der Waals surface area contributed by atoms with Gasteiger partial charge in [0, 0.05) is 16.9 Å². The standard InChI is InChI=1S/C11H11FN2OS2/c1-2-10-13-11(17-14-10)16-9-5-3-4-8(12)7(9)6-15/h3-5,15H,2,6H2,1H3. The minimum absolute atomic E-state index is 0.311. The van der Waals surface area contributed by atoms with Crippen LogP contribution in [0.5, 0.6) is 0 Å². The maximum absolute atomic E-state index is 13.4. The molecule has 0 bridgehead atoms. The number of benzene rings is 1. The summed E-state index contributed by atoms with van der Waals surface area (Å²) in [4.78, 5) is 4.98.